The SMILES string of the molecule is CNC(CSc1ccc(OC)cc1)C(=O)O. The van der Waals surface area contributed by atoms with Crippen molar-refractivity contribution in [2.45, 2.75) is 10.9 Å². The number of rotatable bonds is 6. The van der Waals surface area contributed by atoms with Gasteiger partial charge >= 0.3 is 5.97 Å². The zero-order valence-electron chi connectivity index (χ0n) is 9.27. The molecule has 0 aliphatic carbocycles. The summed E-state index contributed by atoms with van der Waals surface area (Å²) in [6.45, 7) is 0. The number of methoxy groups -OCH3 is 1. The molecule has 0 amide bonds. The van der Waals surface area contributed by atoms with Crippen LogP contribution in [-0.4, -0.2) is 37.0 Å². The molecule has 0 aliphatic rings. The number of nitrogens with one attached hydrogen (secondary N) is 1. The zero-order chi connectivity index (χ0) is 12.0. The van der Waals surface area contributed by atoms with E-state index in [1.54, 1.807) is 14.2 Å². The monoisotopic (exact) mass is 241 g/mol. The first-order valence-corrected chi connectivity index (χ1v) is 5.83. The molecule has 16 heavy (non-hydrogen) atoms. The highest BCUT2D eigenvalue weighted by molar-refractivity contribution is 7.99. The van der Waals surface area contributed by atoms with Gasteiger partial charge in [-0.15, -0.1) is 11.8 Å². The van der Waals surface area contributed by atoms with Crippen LogP contribution in [0.3, 0.4) is 0 Å². The van der Waals surface area contributed by atoms with Crippen LogP contribution in [0.4, 0.5) is 0 Å². The molecule has 1 unspecified atom stereocenters. The first-order valence-electron chi connectivity index (χ1n) is 4.84. The summed E-state index contributed by atoms with van der Waals surface area (Å²) in [7, 11) is 3.26. The maximum atomic E-state index is 10.8. The minimum atomic E-state index is -0.830. The Kier molecular flexibility index (Phi) is 5.14. The fourth-order valence-corrected chi connectivity index (χ4v) is 2.13. The van der Waals surface area contributed by atoms with Crippen LogP contribution in [0, 0.1) is 0 Å². The fourth-order valence-electron chi connectivity index (χ4n) is 1.13. The lowest BCUT2D eigenvalue weighted by molar-refractivity contribution is -0.138. The number of benzene rings is 1. The van der Waals surface area contributed by atoms with E-state index in [4.69, 9.17) is 9.84 Å². The summed E-state index contributed by atoms with van der Waals surface area (Å²) in [6.07, 6.45) is 0. The molecule has 0 heterocycles. The lowest BCUT2D eigenvalue weighted by Crippen LogP contribution is -2.35. The van der Waals surface area contributed by atoms with Crippen molar-refractivity contribution < 1.29 is 14.6 Å². The Bertz CT molecular complexity index is 340. The minimum Gasteiger partial charge on any atom is -0.497 e. The van der Waals surface area contributed by atoms with Crippen molar-refractivity contribution in [2.75, 3.05) is 19.9 Å². The lowest BCUT2D eigenvalue weighted by atomic mass is 10.3. The first-order chi connectivity index (χ1) is 7.67. The Morgan fingerprint density at radius 2 is 2.12 bits per heavy atom. The second-order valence-corrected chi connectivity index (χ2v) is 4.26. The molecule has 88 valence electrons. The third kappa shape index (κ3) is 3.75. The third-order valence-electron chi connectivity index (χ3n) is 2.12. The van der Waals surface area contributed by atoms with Crippen LogP contribution in [0.25, 0.3) is 0 Å². The Hall–Kier alpha value is -1.20. The molecule has 0 aliphatic heterocycles. The van der Waals surface area contributed by atoms with Crippen LogP contribution >= 0.6 is 11.8 Å². The van der Waals surface area contributed by atoms with Gasteiger partial charge in [-0.2, -0.15) is 0 Å². The van der Waals surface area contributed by atoms with Crippen molar-refractivity contribution in [3.8, 4) is 5.75 Å². The topological polar surface area (TPSA) is 58.6 Å². The smallest absolute Gasteiger partial charge is 0.321 e. The number of hydrogen-bond donors (Lipinski definition) is 2. The van der Waals surface area contributed by atoms with E-state index in [-0.39, 0.29) is 0 Å². The Balaban J connectivity index is 2.50. The summed E-state index contributed by atoms with van der Waals surface area (Å²) in [4.78, 5) is 11.8. The van der Waals surface area contributed by atoms with Crippen LogP contribution in [-0.2, 0) is 4.79 Å². The molecule has 1 atom stereocenters. The number of carboxylic acids is 1. The van der Waals surface area contributed by atoms with E-state index in [1.807, 2.05) is 24.3 Å². The molecule has 1 aromatic carbocycles. The summed E-state index contributed by atoms with van der Waals surface area (Å²) in [5.74, 6) is 0.467. The molecule has 0 saturated carbocycles. The van der Waals surface area contributed by atoms with Crippen molar-refractivity contribution in [2.24, 2.45) is 0 Å². The van der Waals surface area contributed by atoms with Crippen molar-refractivity contribution in [3.05, 3.63) is 24.3 Å². The first kappa shape index (κ1) is 12.9. The summed E-state index contributed by atoms with van der Waals surface area (Å²) in [5.41, 5.74) is 0. The van der Waals surface area contributed by atoms with Crippen LogP contribution in [0.1, 0.15) is 0 Å². The van der Waals surface area contributed by atoms with Gasteiger partial charge < -0.3 is 15.2 Å². The highest BCUT2D eigenvalue weighted by atomic mass is 32.2. The van der Waals surface area contributed by atoms with Crippen molar-refractivity contribution in [1.82, 2.24) is 5.32 Å². The Labute approximate surface area is 99.0 Å². The molecule has 4 nitrogen and oxygen atoms in total. The van der Waals surface area contributed by atoms with Gasteiger partial charge in [-0.25, -0.2) is 0 Å². The number of carbonyl (C=O) groups is 1. The summed E-state index contributed by atoms with van der Waals surface area (Å²) >= 11 is 1.50. The van der Waals surface area contributed by atoms with Gasteiger partial charge in [0.25, 0.3) is 0 Å². The molecule has 0 saturated heterocycles. The second-order valence-electron chi connectivity index (χ2n) is 3.17. The molecule has 1 aromatic rings. The minimum absolute atomic E-state index is 0.498. The van der Waals surface area contributed by atoms with Gasteiger partial charge in [0.05, 0.1) is 7.11 Å². The van der Waals surface area contributed by atoms with Gasteiger partial charge in [-0.05, 0) is 31.3 Å². The van der Waals surface area contributed by atoms with E-state index in [9.17, 15) is 4.79 Å². The quantitative estimate of drug-likeness (QED) is 0.738. The molecule has 2 N–H and O–H groups in total. The van der Waals surface area contributed by atoms with E-state index >= 15 is 0 Å². The number of ether oxygens (including phenoxy) is 1. The van der Waals surface area contributed by atoms with Crippen molar-refractivity contribution in [1.29, 1.82) is 0 Å². The average molecular weight is 241 g/mol. The highest BCUT2D eigenvalue weighted by Gasteiger charge is 2.14. The molecule has 0 aromatic heterocycles. The van der Waals surface area contributed by atoms with Crippen LogP contribution in [0.15, 0.2) is 29.2 Å². The predicted octanol–water partition coefficient (Wildman–Crippen LogP) is 1.46. The van der Waals surface area contributed by atoms with Crippen LogP contribution in [0.2, 0.25) is 0 Å². The molecule has 0 bridgehead atoms. The maximum absolute atomic E-state index is 10.8. The second kappa shape index (κ2) is 6.40. The van der Waals surface area contributed by atoms with Crippen molar-refractivity contribution >= 4 is 17.7 Å². The average Bonchev–Trinajstić information content (AvgIpc) is 2.30. The number of likely N-dealkylation sites (N-methyl/N-ethyl adjacent to an activating group) is 1. The summed E-state index contributed by atoms with van der Waals surface area (Å²) < 4.78 is 5.04. The Morgan fingerprint density at radius 1 is 1.50 bits per heavy atom. The van der Waals surface area contributed by atoms with Crippen molar-refractivity contribution in [3.63, 3.8) is 0 Å². The molecular weight excluding hydrogens is 226 g/mol. The molecule has 1 rings (SSSR count). The molecule has 0 fully saturated rings. The molecule has 5 heteroatoms. The summed E-state index contributed by atoms with van der Waals surface area (Å²) in [6, 6.07) is 7.03. The van der Waals surface area contributed by atoms with Gasteiger partial charge in [0.15, 0.2) is 0 Å². The van der Waals surface area contributed by atoms with E-state index in [2.05, 4.69) is 5.32 Å². The molecule has 0 radical (unpaired) electrons. The molecular formula is C11H15NO3S. The zero-order valence-corrected chi connectivity index (χ0v) is 10.1. The van der Waals surface area contributed by atoms with E-state index < -0.39 is 12.0 Å². The number of thioether (sulfide) groups is 1. The normalized spacial score (nSPS) is 12.1. The van der Waals surface area contributed by atoms with Gasteiger partial charge in [-0.3, -0.25) is 4.79 Å². The fraction of sp³-hybridized carbons (Fsp3) is 0.364. The number of hydrogen-bond acceptors (Lipinski definition) is 4. The maximum Gasteiger partial charge on any atom is 0.321 e. The van der Waals surface area contributed by atoms with Crippen LogP contribution in [0.5, 0.6) is 5.75 Å². The summed E-state index contributed by atoms with van der Waals surface area (Å²) in [5, 5.41) is 11.6. The Morgan fingerprint density at radius 3 is 2.56 bits per heavy atom. The number of aliphatic carboxylic acids is 1. The van der Waals surface area contributed by atoms with Gasteiger partial charge in [0, 0.05) is 10.6 Å². The van der Waals surface area contributed by atoms with Gasteiger partial charge in [0.1, 0.15) is 11.8 Å². The van der Waals surface area contributed by atoms with E-state index in [0.717, 1.165) is 10.6 Å². The van der Waals surface area contributed by atoms with Gasteiger partial charge in [-0.1, -0.05) is 0 Å². The van der Waals surface area contributed by atoms with Gasteiger partial charge in [0.2, 0.25) is 0 Å². The predicted molar refractivity (Wildman–Crippen MR) is 64.2 cm³/mol. The number of carboxylic acid groups (broad SMARTS) is 1. The standard InChI is InChI=1S/C11H15NO3S/c1-12-10(11(13)14)7-16-9-5-3-8(15-2)4-6-9/h3-6,10,12H,7H2,1-2H3,(H,13,14). The molecule has 0 spiro atoms. The van der Waals surface area contributed by atoms with Crippen LogP contribution < -0.4 is 10.1 Å². The van der Waals surface area contributed by atoms with E-state index in [1.165, 1.54) is 11.8 Å². The highest BCUT2D eigenvalue weighted by Crippen LogP contribution is 2.21. The van der Waals surface area contributed by atoms with E-state index in [0.29, 0.717) is 5.75 Å². The largest absolute Gasteiger partial charge is 0.497 e. The third-order valence-corrected chi connectivity index (χ3v) is 3.23. The lowest BCUT2D eigenvalue weighted by Gasteiger charge is -2.10.